The first-order chi connectivity index (χ1) is 11.7. The molecule has 0 saturated carbocycles. The van der Waals surface area contributed by atoms with Gasteiger partial charge in [0.1, 0.15) is 6.10 Å². The number of hydrogen-bond donors (Lipinski definition) is 0. The van der Waals surface area contributed by atoms with Crippen molar-refractivity contribution in [2.24, 2.45) is 5.92 Å². The number of benzene rings is 1. The topological polar surface area (TPSA) is 32.8 Å². The standard InChI is InChI=1S/C19H22N2O2S/c1-20(16-9-12-24-18(16)15-5-3-2-4-6-15)19(22)23-17-13-21-10-7-14(17)8-11-21/h2-6,9,12,14,17H,7-8,10-11,13H2,1H3. The Balaban J connectivity index is 1.49. The minimum absolute atomic E-state index is 0.0428. The fraction of sp³-hybridized carbons (Fsp3) is 0.421. The maximum atomic E-state index is 12.7. The van der Waals surface area contributed by atoms with E-state index in [2.05, 4.69) is 17.0 Å². The third-order valence-corrected chi connectivity index (χ3v) is 6.12. The highest BCUT2D eigenvalue weighted by atomic mass is 32.1. The van der Waals surface area contributed by atoms with E-state index in [9.17, 15) is 4.79 Å². The summed E-state index contributed by atoms with van der Waals surface area (Å²) >= 11 is 1.65. The summed E-state index contributed by atoms with van der Waals surface area (Å²) in [4.78, 5) is 17.8. The zero-order valence-electron chi connectivity index (χ0n) is 13.9. The monoisotopic (exact) mass is 342 g/mol. The van der Waals surface area contributed by atoms with E-state index in [1.807, 2.05) is 29.6 Å². The molecule has 0 radical (unpaired) electrons. The molecule has 24 heavy (non-hydrogen) atoms. The number of carbonyl (C=O) groups is 1. The molecule has 3 saturated heterocycles. The Morgan fingerprint density at radius 3 is 2.62 bits per heavy atom. The zero-order valence-corrected chi connectivity index (χ0v) is 14.7. The molecule has 5 heteroatoms. The van der Waals surface area contributed by atoms with Crippen LogP contribution in [-0.2, 0) is 4.74 Å². The van der Waals surface area contributed by atoms with Crippen LogP contribution >= 0.6 is 11.3 Å². The summed E-state index contributed by atoms with van der Waals surface area (Å²) in [5, 5.41) is 2.02. The van der Waals surface area contributed by atoms with E-state index in [1.54, 1.807) is 23.3 Å². The van der Waals surface area contributed by atoms with Gasteiger partial charge in [-0.3, -0.25) is 9.80 Å². The van der Waals surface area contributed by atoms with Gasteiger partial charge in [0.15, 0.2) is 0 Å². The van der Waals surface area contributed by atoms with E-state index in [1.165, 1.54) is 0 Å². The van der Waals surface area contributed by atoms with E-state index in [0.717, 1.165) is 48.6 Å². The Kier molecular flexibility index (Phi) is 4.29. The van der Waals surface area contributed by atoms with Crippen molar-refractivity contribution < 1.29 is 9.53 Å². The number of rotatable bonds is 3. The number of carbonyl (C=O) groups excluding carboxylic acids is 1. The second-order valence-electron chi connectivity index (χ2n) is 6.62. The molecule has 3 aliphatic heterocycles. The van der Waals surface area contributed by atoms with Gasteiger partial charge in [0.2, 0.25) is 0 Å². The van der Waals surface area contributed by atoms with Crippen LogP contribution in [0, 0.1) is 5.92 Å². The molecule has 126 valence electrons. The molecule has 0 spiro atoms. The number of hydrogen-bond acceptors (Lipinski definition) is 4. The third kappa shape index (κ3) is 2.94. The van der Waals surface area contributed by atoms with Crippen LogP contribution in [0.1, 0.15) is 12.8 Å². The number of ether oxygens (including phenoxy) is 1. The summed E-state index contributed by atoms with van der Waals surface area (Å²) in [7, 11) is 1.80. The predicted octanol–water partition coefficient (Wildman–Crippen LogP) is 4.08. The first-order valence-corrected chi connectivity index (χ1v) is 9.40. The minimum Gasteiger partial charge on any atom is -0.444 e. The molecular formula is C19H22N2O2S. The van der Waals surface area contributed by atoms with Crippen molar-refractivity contribution >= 4 is 23.1 Å². The Labute approximate surface area is 146 Å². The molecule has 4 nitrogen and oxygen atoms in total. The average molecular weight is 342 g/mol. The number of piperidine rings is 3. The fourth-order valence-corrected chi connectivity index (χ4v) is 4.65. The highest BCUT2D eigenvalue weighted by Gasteiger charge is 2.37. The summed E-state index contributed by atoms with van der Waals surface area (Å²) < 4.78 is 5.85. The molecule has 1 unspecified atom stereocenters. The van der Waals surface area contributed by atoms with E-state index >= 15 is 0 Å². The van der Waals surface area contributed by atoms with Gasteiger partial charge in [-0.25, -0.2) is 4.79 Å². The number of anilines is 1. The molecule has 0 N–H and O–H groups in total. The van der Waals surface area contributed by atoms with Gasteiger partial charge in [0.25, 0.3) is 0 Å². The first-order valence-electron chi connectivity index (χ1n) is 8.52. The van der Waals surface area contributed by atoms with Crippen LogP contribution in [-0.4, -0.2) is 43.8 Å². The van der Waals surface area contributed by atoms with Gasteiger partial charge in [-0.2, -0.15) is 0 Å². The molecule has 5 rings (SSSR count). The SMILES string of the molecule is CN(C(=O)OC1CN2CCC1CC2)c1ccsc1-c1ccccc1. The first kappa shape index (κ1) is 15.7. The molecule has 1 atom stereocenters. The van der Waals surface area contributed by atoms with Crippen molar-refractivity contribution in [1.82, 2.24) is 4.90 Å². The summed E-state index contributed by atoms with van der Waals surface area (Å²) in [5.74, 6) is 0.531. The van der Waals surface area contributed by atoms with Crippen LogP contribution in [0.2, 0.25) is 0 Å². The summed E-state index contributed by atoms with van der Waals surface area (Å²) in [6, 6.07) is 12.2. The van der Waals surface area contributed by atoms with Gasteiger partial charge in [-0.15, -0.1) is 11.3 Å². The summed E-state index contributed by atoms with van der Waals surface area (Å²) in [6.07, 6.45) is 2.09. The number of nitrogens with zero attached hydrogens (tertiary/aromatic N) is 2. The van der Waals surface area contributed by atoms with Crippen molar-refractivity contribution in [3.05, 3.63) is 41.8 Å². The van der Waals surface area contributed by atoms with Crippen molar-refractivity contribution in [3.63, 3.8) is 0 Å². The fourth-order valence-electron chi connectivity index (χ4n) is 3.72. The van der Waals surface area contributed by atoms with Crippen LogP contribution in [0.5, 0.6) is 0 Å². The normalized spacial score (nSPS) is 25.5. The Morgan fingerprint density at radius 1 is 1.21 bits per heavy atom. The zero-order chi connectivity index (χ0) is 16.5. The van der Waals surface area contributed by atoms with Gasteiger partial charge in [0.05, 0.1) is 10.6 Å². The molecule has 1 aromatic heterocycles. The quantitative estimate of drug-likeness (QED) is 0.842. The van der Waals surface area contributed by atoms with E-state index in [0.29, 0.717) is 5.92 Å². The second kappa shape index (κ2) is 6.57. The van der Waals surface area contributed by atoms with E-state index in [4.69, 9.17) is 4.74 Å². The molecule has 2 aromatic rings. The lowest BCUT2D eigenvalue weighted by molar-refractivity contribution is -0.0307. The van der Waals surface area contributed by atoms with E-state index in [-0.39, 0.29) is 12.2 Å². The highest BCUT2D eigenvalue weighted by molar-refractivity contribution is 7.14. The molecule has 0 aliphatic carbocycles. The van der Waals surface area contributed by atoms with Crippen molar-refractivity contribution in [2.75, 3.05) is 31.6 Å². The molecule has 3 aliphatic rings. The molecule has 4 heterocycles. The van der Waals surface area contributed by atoms with Gasteiger partial charge in [-0.05, 0) is 48.9 Å². The second-order valence-corrected chi connectivity index (χ2v) is 7.54. The Hall–Kier alpha value is -1.85. The number of fused-ring (bicyclic) bond motifs is 3. The van der Waals surface area contributed by atoms with Crippen LogP contribution in [0.4, 0.5) is 10.5 Å². The number of thiophene rings is 1. The molecule has 3 fully saturated rings. The maximum Gasteiger partial charge on any atom is 0.414 e. The molecule has 1 amide bonds. The summed E-state index contributed by atoms with van der Waals surface area (Å²) in [5.41, 5.74) is 2.04. The lowest BCUT2D eigenvalue weighted by atomic mass is 9.86. The Bertz CT molecular complexity index is 707. The largest absolute Gasteiger partial charge is 0.444 e. The average Bonchev–Trinajstić information content (AvgIpc) is 3.12. The third-order valence-electron chi connectivity index (χ3n) is 5.16. The minimum atomic E-state index is -0.246. The van der Waals surface area contributed by atoms with Crippen molar-refractivity contribution in [2.45, 2.75) is 18.9 Å². The lowest BCUT2D eigenvalue weighted by Crippen LogP contribution is -2.52. The molecule has 1 aromatic carbocycles. The van der Waals surface area contributed by atoms with Gasteiger partial charge in [0, 0.05) is 13.6 Å². The number of amides is 1. The van der Waals surface area contributed by atoms with Crippen LogP contribution in [0.25, 0.3) is 10.4 Å². The Morgan fingerprint density at radius 2 is 1.96 bits per heavy atom. The van der Waals surface area contributed by atoms with Crippen LogP contribution < -0.4 is 4.90 Å². The smallest absolute Gasteiger partial charge is 0.414 e. The highest BCUT2D eigenvalue weighted by Crippen LogP contribution is 2.36. The van der Waals surface area contributed by atoms with E-state index < -0.39 is 0 Å². The maximum absolute atomic E-state index is 12.7. The van der Waals surface area contributed by atoms with Crippen LogP contribution in [0.15, 0.2) is 41.8 Å². The van der Waals surface area contributed by atoms with Crippen LogP contribution in [0.3, 0.4) is 0 Å². The predicted molar refractivity (Wildman–Crippen MR) is 97.6 cm³/mol. The van der Waals surface area contributed by atoms with Crippen molar-refractivity contribution in [3.8, 4) is 10.4 Å². The molecular weight excluding hydrogens is 320 g/mol. The lowest BCUT2D eigenvalue weighted by Gasteiger charge is -2.44. The summed E-state index contributed by atoms with van der Waals surface area (Å²) in [6.45, 7) is 3.19. The van der Waals surface area contributed by atoms with Gasteiger partial charge < -0.3 is 4.74 Å². The van der Waals surface area contributed by atoms with Gasteiger partial charge >= 0.3 is 6.09 Å². The van der Waals surface area contributed by atoms with Crippen molar-refractivity contribution in [1.29, 1.82) is 0 Å². The molecule has 2 bridgehead atoms. The van der Waals surface area contributed by atoms with Gasteiger partial charge in [-0.1, -0.05) is 30.3 Å².